The Morgan fingerprint density at radius 1 is 1.73 bits per heavy atom. The zero-order valence-electron chi connectivity index (χ0n) is 6.71. The molecule has 0 aliphatic heterocycles. The van der Waals surface area contributed by atoms with Crippen molar-refractivity contribution >= 4 is 21.9 Å². The maximum atomic E-state index is 10.6. The van der Waals surface area contributed by atoms with E-state index in [9.17, 15) is 4.79 Å². The van der Waals surface area contributed by atoms with Gasteiger partial charge in [0.15, 0.2) is 0 Å². The van der Waals surface area contributed by atoms with E-state index in [1.807, 2.05) is 0 Å². The van der Waals surface area contributed by atoms with Gasteiger partial charge in [0.2, 0.25) is 0 Å². The second kappa shape index (κ2) is 5.55. The van der Waals surface area contributed by atoms with Crippen molar-refractivity contribution in [2.45, 2.75) is 30.7 Å². The lowest BCUT2D eigenvalue weighted by atomic mass is 10.2. The summed E-state index contributed by atoms with van der Waals surface area (Å²) >= 11 is 3.24. The van der Waals surface area contributed by atoms with Gasteiger partial charge in [-0.25, -0.2) is 0 Å². The molecule has 0 aliphatic carbocycles. The molecule has 4 heteroatoms. The maximum absolute atomic E-state index is 10.6. The van der Waals surface area contributed by atoms with Crippen LogP contribution in [0.25, 0.3) is 0 Å². The van der Waals surface area contributed by atoms with Crippen molar-refractivity contribution in [2.24, 2.45) is 0 Å². The van der Waals surface area contributed by atoms with Gasteiger partial charge >= 0.3 is 5.97 Å². The molecule has 66 valence electrons. The van der Waals surface area contributed by atoms with E-state index in [1.54, 1.807) is 6.92 Å². The predicted molar refractivity (Wildman–Crippen MR) is 45.6 cm³/mol. The van der Waals surface area contributed by atoms with Crippen LogP contribution in [-0.2, 0) is 9.53 Å². The van der Waals surface area contributed by atoms with Crippen molar-refractivity contribution in [3.05, 3.63) is 0 Å². The summed E-state index contributed by atoms with van der Waals surface area (Å²) in [6.07, 6.45) is 0.515. The minimum Gasteiger partial charge on any atom is -0.469 e. The van der Waals surface area contributed by atoms with Crippen LogP contribution >= 0.6 is 15.9 Å². The van der Waals surface area contributed by atoms with Gasteiger partial charge in [0, 0.05) is 11.2 Å². The average Bonchev–Trinajstić information content (AvgIpc) is 1.99. The molecule has 0 aromatic carbocycles. The van der Waals surface area contributed by atoms with Gasteiger partial charge in [-0.15, -0.1) is 0 Å². The van der Waals surface area contributed by atoms with Crippen molar-refractivity contribution in [2.75, 3.05) is 7.11 Å². The fourth-order valence-corrected chi connectivity index (χ4v) is 0.828. The second-order valence-electron chi connectivity index (χ2n) is 2.37. The first-order valence-corrected chi connectivity index (χ1v) is 4.38. The highest BCUT2D eigenvalue weighted by Crippen LogP contribution is 2.12. The quantitative estimate of drug-likeness (QED) is 0.575. The molecule has 0 fully saturated rings. The Hall–Kier alpha value is -0.0900. The number of aliphatic hydroxyl groups excluding tert-OH is 1. The van der Waals surface area contributed by atoms with E-state index in [4.69, 9.17) is 5.11 Å². The van der Waals surface area contributed by atoms with Gasteiger partial charge in [-0.05, 0) is 13.3 Å². The van der Waals surface area contributed by atoms with Crippen LogP contribution in [0.3, 0.4) is 0 Å². The van der Waals surface area contributed by atoms with E-state index < -0.39 is 6.10 Å². The summed E-state index contributed by atoms with van der Waals surface area (Å²) in [6, 6.07) is 0. The van der Waals surface area contributed by atoms with E-state index in [-0.39, 0.29) is 10.8 Å². The first kappa shape index (κ1) is 10.9. The summed E-state index contributed by atoms with van der Waals surface area (Å²) in [5.74, 6) is -0.241. The highest BCUT2D eigenvalue weighted by Gasteiger charge is 2.12. The summed E-state index contributed by atoms with van der Waals surface area (Å²) in [6.45, 7) is 1.68. The molecular weight excluding hydrogens is 212 g/mol. The molecule has 0 spiro atoms. The number of hydrogen-bond acceptors (Lipinski definition) is 3. The monoisotopic (exact) mass is 224 g/mol. The van der Waals surface area contributed by atoms with Crippen LogP contribution in [0.2, 0.25) is 0 Å². The van der Waals surface area contributed by atoms with Crippen LogP contribution in [0.1, 0.15) is 19.8 Å². The molecule has 11 heavy (non-hydrogen) atoms. The largest absolute Gasteiger partial charge is 0.469 e. The molecule has 0 saturated heterocycles. The Morgan fingerprint density at radius 3 is 2.64 bits per heavy atom. The van der Waals surface area contributed by atoms with Gasteiger partial charge in [0.1, 0.15) is 0 Å². The summed E-state index contributed by atoms with van der Waals surface area (Å²) in [7, 11) is 1.36. The molecule has 1 N–H and O–H groups in total. The minimum absolute atomic E-state index is 0.0263. The zero-order chi connectivity index (χ0) is 8.85. The van der Waals surface area contributed by atoms with Crippen LogP contribution in [0, 0.1) is 0 Å². The number of halogens is 1. The molecule has 0 heterocycles. The maximum Gasteiger partial charge on any atom is 0.305 e. The Bertz CT molecular complexity index is 125. The fourth-order valence-electron chi connectivity index (χ4n) is 0.599. The third-order valence-corrected chi connectivity index (χ3v) is 2.60. The van der Waals surface area contributed by atoms with E-state index in [0.29, 0.717) is 12.8 Å². The first-order chi connectivity index (χ1) is 5.07. The van der Waals surface area contributed by atoms with Gasteiger partial charge in [-0.1, -0.05) is 15.9 Å². The molecule has 0 saturated carbocycles. The topological polar surface area (TPSA) is 46.5 Å². The summed E-state index contributed by atoms with van der Waals surface area (Å²) in [5, 5.41) is 9.01. The summed E-state index contributed by atoms with van der Waals surface area (Å²) < 4.78 is 4.44. The molecule has 0 aliphatic rings. The summed E-state index contributed by atoms with van der Waals surface area (Å²) in [4.78, 5) is 10.6. The standard InChI is InChI=1S/C7H13BrO3/c1-5(9)6(8)3-4-7(10)11-2/h5-6,9H,3-4H2,1-2H3. The lowest BCUT2D eigenvalue weighted by Gasteiger charge is -2.10. The van der Waals surface area contributed by atoms with Crippen LogP contribution in [-0.4, -0.2) is 29.1 Å². The Labute approximate surface area is 74.9 Å². The molecule has 0 rings (SSSR count). The molecule has 2 atom stereocenters. The molecule has 0 aromatic heterocycles. The highest BCUT2D eigenvalue weighted by atomic mass is 79.9. The van der Waals surface area contributed by atoms with Gasteiger partial charge in [-0.2, -0.15) is 0 Å². The smallest absolute Gasteiger partial charge is 0.305 e. The number of alkyl halides is 1. The molecular formula is C7H13BrO3. The number of aliphatic hydroxyl groups is 1. The van der Waals surface area contributed by atoms with Crippen LogP contribution in [0.15, 0.2) is 0 Å². The molecule has 3 nitrogen and oxygen atoms in total. The number of hydrogen-bond donors (Lipinski definition) is 1. The number of carbonyl (C=O) groups is 1. The number of carbonyl (C=O) groups excluding carboxylic acids is 1. The van der Waals surface area contributed by atoms with Crippen molar-refractivity contribution in [3.8, 4) is 0 Å². The highest BCUT2D eigenvalue weighted by molar-refractivity contribution is 9.09. The fraction of sp³-hybridized carbons (Fsp3) is 0.857. The molecule has 0 aromatic rings. The van der Waals surface area contributed by atoms with Gasteiger partial charge in [0.05, 0.1) is 13.2 Å². The zero-order valence-corrected chi connectivity index (χ0v) is 8.30. The Balaban J connectivity index is 3.45. The molecule has 0 amide bonds. The normalized spacial score (nSPS) is 15.6. The third kappa shape index (κ3) is 5.21. The van der Waals surface area contributed by atoms with Gasteiger partial charge in [0.25, 0.3) is 0 Å². The Morgan fingerprint density at radius 2 is 2.27 bits per heavy atom. The predicted octanol–water partition coefficient (Wildman–Crippen LogP) is 1.08. The number of rotatable bonds is 4. The molecule has 0 bridgehead atoms. The van der Waals surface area contributed by atoms with Crippen LogP contribution in [0.5, 0.6) is 0 Å². The number of esters is 1. The Kier molecular flexibility index (Phi) is 5.50. The molecule has 2 unspecified atom stereocenters. The minimum atomic E-state index is -0.431. The SMILES string of the molecule is COC(=O)CCC(Br)C(C)O. The van der Waals surface area contributed by atoms with Crippen LogP contribution in [0.4, 0.5) is 0 Å². The average molecular weight is 225 g/mol. The van der Waals surface area contributed by atoms with E-state index in [2.05, 4.69) is 20.7 Å². The van der Waals surface area contributed by atoms with Gasteiger partial charge in [-0.3, -0.25) is 4.79 Å². The lowest BCUT2D eigenvalue weighted by molar-refractivity contribution is -0.140. The van der Waals surface area contributed by atoms with Crippen molar-refractivity contribution in [1.29, 1.82) is 0 Å². The van der Waals surface area contributed by atoms with E-state index in [0.717, 1.165) is 0 Å². The molecule has 0 radical (unpaired) electrons. The lowest BCUT2D eigenvalue weighted by Crippen LogP contribution is -2.17. The van der Waals surface area contributed by atoms with Crippen LogP contribution < -0.4 is 0 Å². The first-order valence-electron chi connectivity index (χ1n) is 3.47. The van der Waals surface area contributed by atoms with Crippen molar-refractivity contribution in [1.82, 2.24) is 0 Å². The summed E-state index contributed by atoms with van der Waals surface area (Å²) in [5.41, 5.74) is 0. The number of ether oxygens (including phenoxy) is 1. The van der Waals surface area contributed by atoms with E-state index in [1.165, 1.54) is 7.11 Å². The van der Waals surface area contributed by atoms with Crippen molar-refractivity contribution < 1.29 is 14.6 Å². The number of methoxy groups -OCH3 is 1. The second-order valence-corrected chi connectivity index (χ2v) is 3.55. The van der Waals surface area contributed by atoms with Gasteiger partial charge < -0.3 is 9.84 Å². The van der Waals surface area contributed by atoms with E-state index >= 15 is 0 Å². The third-order valence-electron chi connectivity index (χ3n) is 1.38. The van der Waals surface area contributed by atoms with Crippen molar-refractivity contribution in [3.63, 3.8) is 0 Å².